The number of carbonyl (C=O) groups excluding carboxylic acids is 4. The summed E-state index contributed by atoms with van der Waals surface area (Å²) in [6.07, 6.45) is -0.134. The van der Waals surface area contributed by atoms with E-state index in [0.717, 1.165) is 0 Å². The van der Waals surface area contributed by atoms with Crippen molar-refractivity contribution in [2.45, 2.75) is 38.3 Å². The number of primary amides is 1. The minimum atomic E-state index is -1.11. The fourth-order valence-corrected chi connectivity index (χ4v) is 2.28. The maximum Gasteiger partial charge on any atom is 0.305 e. The van der Waals surface area contributed by atoms with Gasteiger partial charge in [0.1, 0.15) is 17.9 Å². The highest BCUT2D eigenvalue weighted by Crippen LogP contribution is 2.08. The first kappa shape index (κ1) is 21.1. The second-order valence-corrected chi connectivity index (χ2v) is 5.67. The van der Waals surface area contributed by atoms with Gasteiger partial charge in [-0.1, -0.05) is 12.1 Å². The lowest BCUT2D eigenvalue weighted by atomic mass is 10.0. The van der Waals surface area contributed by atoms with Gasteiger partial charge in [-0.25, -0.2) is 4.39 Å². The lowest BCUT2D eigenvalue weighted by Gasteiger charge is -2.21. The van der Waals surface area contributed by atoms with Crippen LogP contribution in [0.5, 0.6) is 0 Å². The Hall–Kier alpha value is -2.97. The van der Waals surface area contributed by atoms with Crippen LogP contribution in [0.4, 0.5) is 4.39 Å². The number of esters is 1. The second kappa shape index (κ2) is 10.1. The molecule has 26 heavy (non-hydrogen) atoms. The third kappa shape index (κ3) is 7.29. The maximum absolute atomic E-state index is 13.3. The number of nitrogens with one attached hydrogen (secondary N) is 2. The monoisotopic (exact) mass is 367 g/mol. The minimum absolute atomic E-state index is 0.0195. The Kier molecular flexibility index (Phi) is 8.20. The molecule has 9 heteroatoms. The predicted octanol–water partition coefficient (Wildman–Crippen LogP) is -0.204. The standard InChI is InChI=1S/C17H22FN3O5/c1-10(22)20-14(9-11-4-3-5-12(18)8-11)17(25)21-13(16(19)24)6-7-15(23)26-2/h3-5,8,13-14H,6-7,9H2,1-2H3,(H2,19,24)(H,20,22)(H,21,25)/t13-,14+/m0/s1. The Morgan fingerprint density at radius 2 is 1.88 bits per heavy atom. The van der Waals surface area contributed by atoms with Crippen molar-refractivity contribution in [3.05, 3.63) is 35.6 Å². The van der Waals surface area contributed by atoms with Crippen molar-refractivity contribution in [2.75, 3.05) is 7.11 Å². The average molecular weight is 367 g/mol. The van der Waals surface area contributed by atoms with E-state index in [-0.39, 0.29) is 19.3 Å². The normalized spacial score (nSPS) is 12.6. The Morgan fingerprint density at radius 1 is 1.19 bits per heavy atom. The lowest BCUT2D eigenvalue weighted by molar-refractivity contribution is -0.141. The van der Waals surface area contributed by atoms with Crippen molar-refractivity contribution in [1.29, 1.82) is 0 Å². The molecule has 0 spiro atoms. The zero-order valence-electron chi connectivity index (χ0n) is 14.6. The number of rotatable bonds is 9. The molecular weight excluding hydrogens is 345 g/mol. The summed E-state index contributed by atoms with van der Waals surface area (Å²) >= 11 is 0. The van der Waals surface area contributed by atoms with Crippen LogP contribution >= 0.6 is 0 Å². The van der Waals surface area contributed by atoms with Gasteiger partial charge in [-0.2, -0.15) is 0 Å². The summed E-state index contributed by atoms with van der Waals surface area (Å²) in [6, 6.07) is 3.45. The van der Waals surface area contributed by atoms with Gasteiger partial charge in [0.2, 0.25) is 17.7 Å². The summed E-state index contributed by atoms with van der Waals surface area (Å²) in [5.74, 6) is -2.99. The van der Waals surface area contributed by atoms with Gasteiger partial charge >= 0.3 is 5.97 Å². The van der Waals surface area contributed by atoms with E-state index in [4.69, 9.17) is 5.73 Å². The van der Waals surface area contributed by atoms with Gasteiger partial charge in [-0.15, -0.1) is 0 Å². The summed E-state index contributed by atoms with van der Waals surface area (Å²) < 4.78 is 17.8. The first-order valence-electron chi connectivity index (χ1n) is 7.91. The van der Waals surface area contributed by atoms with Crippen molar-refractivity contribution in [3.63, 3.8) is 0 Å². The van der Waals surface area contributed by atoms with Gasteiger partial charge in [0, 0.05) is 19.8 Å². The van der Waals surface area contributed by atoms with Crippen molar-refractivity contribution >= 4 is 23.7 Å². The number of benzene rings is 1. The molecule has 1 aromatic rings. The van der Waals surface area contributed by atoms with E-state index in [2.05, 4.69) is 15.4 Å². The largest absolute Gasteiger partial charge is 0.469 e. The molecule has 2 atom stereocenters. The highest BCUT2D eigenvalue weighted by Gasteiger charge is 2.25. The quantitative estimate of drug-likeness (QED) is 0.521. The van der Waals surface area contributed by atoms with Crippen molar-refractivity contribution in [1.82, 2.24) is 10.6 Å². The van der Waals surface area contributed by atoms with E-state index >= 15 is 0 Å². The molecule has 0 aliphatic carbocycles. The third-order valence-electron chi connectivity index (χ3n) is 3.55. The van der Waals surface area contributed by atoms with Crippen molar-refractivity contribution < 1.29 is 28.3 Å². The van der Waals surface area contributed by atoms with Crippen molar-refractivity contribution in [3.8, 4) is 0 Å². The van der Waals surface area contributed by atoms with Gasteiger partial charge in [0.05, 0.1) is 7.11 Å². The number of ether oxygens (including phenoxy) is 1. The zero-order valence-corrected chi connectivity index (χ0v) is 14.6. The van der Waals surface area contributed by atoms with Crippen LogP contribution in [-0.2, 0) is 30.3 Å². The highest BCUT2D eigenvalue weighted by molar-refractivity contribution is 5.91. The second-order valence-electron chi connectivity index (χ2n) is 5.67. The lowest BCUT2D eigenvalue weighted by Crippen LogP contribution is -2.53. The van der Waals surface area contributed by atoms with Gasteiger partial charge in [-0.3, -0.25) is 19.2 Å². The molecular formula is C17H22FN3O5. The smallest absolute Gasteiger partial charge is 0.305 e. The zero-order chi connectivity index (χ0) is 19.7. The first-order valence-corrected chi connectivity index (χ1v) is 7.91. The fourth-order valence-electron chi connectivity index (χ4n) is 2.28. The molecule has 0 saturated carbocycles. The van der Waals surface area contributed by atoms with Crippen LogP contribution in [-0.4, -0.2) is 42.9 Å². The molecule has 0 fully saturated rings. The molecule has 0 bridgehead atoms. The molecule has 1 aromatic carbocycles. The summed E-state index contributed by atoms with van der Waals surface area (Å²) in [7, 11) is 1.20. The predicted molar refractivity (Wildman–Crippen MR) is 90.1 cm³/mol. The summed E-state index contributed by atoms with van der Waals surface area (Å²) in [5.41, 5.74) is 5.73. The molecule has 0 unspecified atom stereocenters. The van der Waals surface area contributed by atoms with Crippen molar-refractivity contribution in [2.24, 2.45) is 5.73 Å². The number of methoxy groups -OCH3 is 1. The van der Waals surface area contributed by atoms with E-state index in [1.807, 2.05) is 0 Å². The highest BCUT2D eigenvalue weighted by atomic mass is 19.1. The molecule has 0 saturated heterocycles. The molecule has 0 aliphatic heterocycles. The van der Waals surface area contributed by atoms with E-state index in [1.165, 1.54) is 32.2 Å². The van der Waals surface area contributed by atoms with E-state index in [0.29, 0.717) is 5.56 Å². The van der Waals surface area contributed by atoms with Crippen LogP contribution in [0.3, 0.4) is 0 Å². The molecule has 0 radical (unpaired) electrons. The Morgan fingerprint density at radius 3 is 2.42 bits per heavy atom. The average Bonchev–Trinajstić information content (AvgIpc) is 2.56. The first-order chi connectivity index (χ1) is 12.2. The molecule has 142 valence electrons. The third-order valence-corrected chi connectivity index (χ3v) is 3.55. The number of hydrogen-bond donors (Lipinski definition) is 3. The maximum atomic E-state index is 13.3. The van der Waals surface area contributed by atoms with Gasteiger partial charge in [0.25, 0.3) is 0 Å². The van der Waals surface area contributed by atoms with Gasteiger partial charge in [0.15, 0.2) is 0 Å². The van der Waals surface area contributed by atoms with Gasteiger partial charge in [-0.05, 0) is 24.1 Å². The number of carbonyl (C=O) groups is 4. The molecule has 0 aliphatic rings. The molecule has 4 N–H and O–H groups in total. The van der Waals surface area contributed by atoms with Crippen LogP contribution < -0.4 is 16.4 Å². The van der Waals surface area contributed by atoms with Crippen LogP contribution in [0.1, 0.15) is 25.3 Å². The van der Waals surface area contributed by atoms with Gasteiger partial charge < -0.3 is 21.1 Å². The number of halogens is 1. The topological polar surface area (TPSA) is 128 Å². The Bertz CT molecular complexity index is 680. The van der Waals surface area contributed by atoms with Crippen LogP contribution in [0.2, 0.25) is 0 Å². The molecule has 0 aromatic heterocycles. The Labute approximate surface area is 150 Å². The summed E-state index contributed by atoms with van der Waals surface area (Å²) in [6.45, 7) is 1.23. The summed E-state index contributed by atoms with van der Waals surface area (Å²) in [4.78, 5) is 46.5. The van der Waals surface area contributed by atoms with E-state index in [9.17, 15) is 23.6 Å². The van der Waals surface area contributed by atoms with Crippen LogP contribution in [0, 0.1) is 5.82 Å². The Balaban J connectivity index is 2.83. The molecule has 8 nitrogen and oxygen atoms in total. The summed E-state index contributed by atoms with van der Waals surface area (Å²) in [5, 5.41) is 4.86. The number of nitrogens with two attached hydrogens (primary N) is 1. The van der Waals surface area contributed by atoms with E-state index in [1.54, 1.807) is 6.07 Å². The number of amides is 3. The SMILES string of the molecule is COC(=O)CC[C@H](NC(=O)[C@@H](Cc1cccc(F)c1)NC(C)=O)C(N)=O. The molecule has 3 amide bonds. The number of hydrogen-bond acceptors (Lipinski definition) is 5. The fraction of sp³-hybridized carbons (Fsp3) is 0.412. The molecule has 1 rings (SSSR count). The minimum Gasteiger partial charge on any atom is -0.469 e. The molecule has 0 heterocycles. The van der Waals surface area contributed by atoms with Crippen LogP contribution in [0.15, 0.2) is 24.3 Å². The van der Waals surface area contributed by atoms with Crippen LogP contribution in [0.25, 0.3) is 0 Å². The van der Waals surface area contributed by atoms with E-state index < -0.39 is 41.6 Å².